The maximum absolute atomic E-state index is 5.82. The van der Waals surface area contributed by atoms with Crippen LogP contribution in [0.1, 0.15) is 44.6 Å². The molecule has 4 heterocycles. The molecule has 0 aliphatic carbocycles. The molecule has 10 heteroatoms. The normalized spacial score (nSPS) is 11.4. The van der Waals surface area contributed by atoms with Gasteiger partial charge in [0.15, 0.2) is 11.5 Å². The number of nitrogens with zero attached hydrogens (tertiary/aromatic N) is 8. The van der Waals surface area contributed by atoms with Crippen LogP contribution in [0.25, 0.3) is 22.3 Å². The van der Waals surface area contributed by atoms with Gasteiger partial charge in [0.05, 0.1) is 41.7 Å². The summed E-state index contributed by atoms with van der Waals surface area (Å²) in [5.74, 6) is 1.43. The molecule has 0 bridgehead atoms. The zero-order chi connectivity index (χ0) is 22.0. The van der Waals surface area contributed by atoms with Gasteiger partial charge in [-0.3, -0.25) is 9.36 Å². The van der Waals surface area contributed by atoms with Crippen molar-refractivity contribution in [3.05, 3.63) is 36.2 Å². The van der Waals surface area contributed by atoms with E-state index in [2.05, 4.69) is 46.4 Å². The van der Waals surface area contributed by atoms with E-state index in [1.54, 1.807) is 17.2 Å². The minimum atomic E-state index is 0.246. The Labute approximate surface area is 180 Å². The van der Waals surface area contributed by atoms with Crippen LogP contribution in [0.2, 0.25) is 0 Å². The first-order chi connectivity index (χ1) is 15.0. The number of hydrogen-bond acceptors (Lipinski definition) is 8. The van der Waals surface area contributed by atoms with Gasteiger partial charge < -0.3 is 10.1 Å². The van der Waals surface area contributed by atoms with Crippen LogP contribution in [0, 0.1) is 0 Å². The summed E-state index contributed by atoms with van der Waals surface area (Å²) < 4.78 is 9.33. The van der Waals surface area contributed by atoms with Crippen molar-refractivity contribution in [2.45, 2.75) is 39.7 Å². The fraction of sp³-hybridized carbons (Fsp3) is 0.429. The fourth-order valence-electron chi connectivity index (χ4n) is 3.42. The second kappa shape index (κ2) is 8.66. The van der Waals surface area contributed by atoms with Gasteiger partial charge in [0.25, 0.3) is 0 Å². The van der Waals surface area contributed by atoms with Crippen molar-refractivity contribution < 1.29 is 4.74 Å². The molecule has 4 aromatic rings. The summed E-state index contributed by atoms with van der Waals surface area (Å²) in [4.78, 5) is 9.23. The van der Waals surface area contributed by atoms with Crippen LogP contribution in [0.3, 0.4) is 0 Å². The zero-order valence-electron chi connectivity index (χ0n) is 18.5. The summed E-state index contributed by atoms with van der Waals surface area (Å²) in [6, 6.07) is 3.88. The number of rotatable bonds is 8. The molecule has 10 nitrogen and oxygen atoms in total. The van der Waals surface area contributed by atoms with Gasteiger partial charge >= 0.3 is 0 Å². The molecule has 0 radical (unpaired) electrons. The molecule has 4 rings (SSSR count). The van der Waals surface area contributed by atoms with E-state index in [1.165, 1.54) is 0 Å². The van der Waals surface area contributed by atoms with E-state index in [0.29, 0.717) is 24.9 Å². The smallest absolute Gasteiger partial charge is 0.242 e. The Balaban J connectivity index is 1.84. The van der Waals surface area contributed by atoms with Crippen molar-refractivity contribution in [2.24, 2.45) is 14.1 Å². The van der Waals surface area contributed by atoms with Gasteiger partial charge in [-0.15, -0.1) is 5.10 Å². The first kappa shape index (κ1) is 20.7. The predicted octanol–water partition coefficient (Wildman–Crippen LogP) is 3.08. The van der Waals surface area contributed by atoms with Gasteiger partial charge in [-0.2, -0.15) is 15.3 Å². The van der Waals surface area contributed by atoms with E-state index in [1.807, 2.05) is 30.9 Å². The van der Waals surface area contributed by atoms with Crippen molar-refractivity contribution in [1.29, 1.82) is 0 Å². The second-order valence-electron chi connectivity index (χ2n) is 7.70. The minimum absolute atomic E-state index is 0.246. The highest BCUT2D eigenvalue weighted by Crippen LogP contribution is 2.35. The zero-order valence-corrected chi connectivity index (χ0v) is 18.5. The largest absolute Gasteiger partial charge is 0.476 e. The Morgan fingerprint density at radius 2 is 2.03 bits per heavy atom. The standard InChI is InChI=1S/C21H27N9O/c1-6-9-31-21-14(7-8-24-26-21)15-10-16(22-11-17-23-12-29(4)27-17)18-19(13(2)3)28-30(5)20(18)25-15/h7-8,10,12-13H,6,9,11H2,1-5H3,(H,22,25). The average Bonchev–Trinajstić information content (AvgIpc) is 3.33. The Morgan fingerprint density at radius 3 is 2.74 bits per heavy atom. The summed E-state index contributed by atoms with van der Waals surface area (Å²) in [7, 11) is 3.76. The van der Waals surface area contributed by atoms with Crippen molar-refractivity contribution in [3.8, 4) is 17.1 Å². The number of hydrogen-bond donors (Lipinski definition) is 1. The van der Waals surface area contributed by atoms with Crippen molar-refractivity contribution >= 4 is 16.7 Å². The van der Waals surface area contributed by atoms with Gasteiger partial charge in [0, 0.05) is 19.8 Å². The van der Waals surface area contributed by atoms with Crippen molar-refractivity contribution in [1.82, 2.24) is 39.7 Å². The lowest BCUT2D eigenvalue weighted by molar-refractivity contribution is 0.303. The lowest BCUT2D eigenvalue weighted by Crippen LogP contribution is -2.05. The van der Waals surface area contributed by atoms with E-state index >= 15 is 0 Å². The Hall–Kier alpha value is -3.56. The number of ether oxygens (including phenoxy) is 1. The van der Waals surface area contributed by atoms with E-state index in [0.717, 1.165) is 40.1 Å². The van der Waals surface area contributed by atoms with Crippen LogP contribution < -0.4 is 10.1 Å². The molecule has 0 aliphatic heterocycles. The number of anilines is 1. The molecule has 0 fully saturated rings. The molecule has 1 N–H and O–H groups in total. The van der Waals surface area contributed by atoms with Crippen LogP contribution in [0.5, 0.6) is 5.88 Å². The number of fused-ring (bicyclic) bond motifs is 1. The van der Waals surface area contributed by atoms with Gasteiger partial charge in [-0.1, -0.05) is 20.8 Å². The van der Waals surface area contributed by atoms with Gasteiger partial charge in [0.2, 0.25) is 5.88 Å². The van der Waals surface area contributed by atoms with E-state index in [-0.39, 0.29) is 5.92 Å². The molecule has 0 spiro atoms. The van der Waals surface area contributed by atoms with Gasteiger partial charge in [-0.05, 0) is 24.5 Å². The Kier molecular flexibility index (Phi) is 5.79. The highest BCUT2D eigenvalue weighted by molar-refractivity contribution is 5.94. The summed E-state index contributed by atoms with van der Waals surface area (Å²) in [5, 5.41) is 21.7. The highest BCUT2D eigenvalue weighted by Gasteiger charge is 2.20. The van der Waals surface area contributed by atoms with Gasteiger partial charge in [0.1, 0.15) is 6.33 Å². The first-order valence-electron chi connectivity index (χ1n) is 10.4. The van der Waals surface area contributed by atoms with Crippen LogP contribution >= 0.6 is 0 Å². The van der Waals surface area contributed by atoms with E-state index < -0.39 is 0 Å². The SMILES string of the molecule is CCCOc1nnccc1-c1cc(NCc2ncn(C)n2)c2c(C(C)C)nn(C)c2n1. The maximum Gasteiger partial charge on any atom is 0.242 e. The summed E-state index contributed by atoms with van der Waals surface area (Å²) in [6.45, 7) is 7.36. The molecular weight excluding hydrogens is 394 g/mol. The monoisotopic (exact) mass is 421 g/mol. The van der Waals surface area contributed by atoms with E-state index in [4.69, 9.17) is 14.8 Å². The summed E-state index contributed by atoms with van der Waals surface area (Å²) in [6.07, 6.45) is 4.22. The molecule has 0 aromatic carbocycles. The quantitative estimate of drug-likeness (QED) is 0.462. The number of pyridine rings is 1. The molecule has 4 aromatic heterocycles. The molecule has 0 saturated heterocycles. The van der Waals surface area contributed by atoms with Crippen LogP contribution in [0.15, 0.2) is 24.7 Å². The number of nitrogens with one attached hydrogen (secondary N) is 1. The molecule has 0 aliphatic rings. The molecule has 0 unspecified atom stereocenters. The summed E-state index contributed by atoms with van der Waals surface area (Å²) >= 11 is 0. The third kappa shape index (κ3) is 4.18. The van der Waals surface area contributed by atoms with E-state index in [9.17, 15) is 0 Å². The molecule has 31 heavy (non-hydrogen) atoms. The molecule has 0 amide bonds. The summed E-state index contributed by atoms with van der Waals surface area (Å²) in [5.41, 5.74) is 4.22. The van der Waals surface area contributed by atoms with Crippen molar-refractivity contribution in [2.75, 3.05) is 11.9 Å². The number of aryl methyl sites for hydroxylation is 2. The number of aromatic nitrogens is 8. The highest BCUT2D eigenvalue weighted by atomic mass is 16.5. The first-order valence-corrected chi connectivity index (χ1v) is 10.4. The third-order valence-electron chi connectivity index (χ3n) is 4.86. The fourth-order valence-corrected chi connectivity index (χ4v) is 3.42. The molecule has 0 saturated carbocycles. The molecule has 0 atom stereocenters. The maximum atomic E-state index is 5.82. The lowest BCUT2D eigenvalue weighted by Gasteiger charge is -2.13. The van der Waals surface area contributed by atoms with Crippen LogP contribution in [-0.2, 0) is 20.6 Å². The van der Waals surface area contributed by atoms with Crippen molar-refractivity contribution in [3.63, 3.8) is 0 Å². The average molecular weight is 422 g/mol. The Bertz CT molecular complexity index is 1200. The van der Waals surface area contributed by atoms with Crippen LogP contribution in [0.4, 0.5) is 5.69 Å². The Morgan fingerprint density at radius 1 is 1.19 bits per heavy atom. The predicted molar refractivity (Wildman–Crippen MR) is 118 cm³/mol. The molecular formula is C21H27N9O. The second-order valence-corrected chi connectivity index (χ2v) is 7.70. The lowest BCUT2D eigenvalue weighted by atomic mass is 10.0. The third-order valence-corrected chi connectivity index (χ3v) is 4.86. The topological polar surface area (TPSA) is 108 Å². The van der Waals surface area contributed by atoms with Gasteiger partial charge in [-0.25, -0.2) is 9.97 Å². The molecule has 162 valence electrons. The van der Waals surface area contributed by atoms with Crippen LogP contribution in [-0.4, -0.2) is 46.3 Å². The minimum Gasteiger partial charge on any atom is -0.476 e.